The van der Waals surface area contributed by atoms with E-state index in [0.717, 1.165) is 6.42 Å². The molecule has 142 valence electrons. The molecule has 27 heavy (non-hydrogen) atoms. The lowest BCUT2D eigenvalue weighted by molar-refractivity contribution is -0.123. The summed E-state index contributed by atoms with van der Waals surface area (Å²) in [6.07, 6.45) is 1.30. The van der Waals surface area contributed by atoms with Crippen LogP contribution in [0.25, 0.3) is 0 Å². The van der Waals surface area contributed by atoms with Crippen LogP contribution in [-0.2, 0) is 16.0 Å². The molecule has 3 N–H and O–H groups in total. The molecule has 0 saturated carbocycles. The summed E-state index contributed by atoms with van der Waals surface area (Å²) in [5, 5.41) is 2.69. The topological polar surface area (TPSA) is 96.5 Å². The molecule has 0 aliphatic rings. The number of carbonyl (C=O) groups excluding carboxylic acids is 3. The molecule has 2 rings (SSSR count). The van der Waals surface area contributed by atoms with Crippen LogP contribution in [0, 0.1) is 0 Å². The highest BCUT2D eigenvalue weighted by Gasteiger charge is 2.08. The predicted molar refractivity (Wildman–Crippen MR) is 102 cm³/mol. The molecule has 0 radical (unpaired) electrons. The van der Waals surface area contributed by atoms with Crippen molar-refractivity contribution in [1.29, 1.82) is 0 Å². The molecule has 0 spiro atoms. The predicted octanol–water partition coefficient (Wildman–Crippen LogP) is 2.44. The van der Waals surface area contributed by atoms with E-state index in [-0.39, 0.29) is 12.5 Å². The number of hydrogen-bond donors (Lipinski definition) is 3. The maximum Gasteiger partial charge on any atom is 0.276 e. The van der Waals surface area contributed by atoms with E-state index in [1.165, 1.54) is 5.56 Å². The highest BCUT2D eigenvalue weighted by Crippen LogP contribution is 2.12. The van der Waals surface area contributed by atoms with E-state index in [2.05, 4.69) is 23.1 Å². The molecule has 0 aromatic heterocycles. The van der Waals surface area contributed by atoms with Gasteiger partial charge in [0.25, 0.3) is 11.8 Å². The van der Waals surface area contributed by atoms with Gasteiger partial charge in [0.1, 0.15) is 5.75 Å². The van der Waals surface area contributed by atoms with Gasteiger partial charge in [-0.25, -0.2) is 0 Å². The summed E-state index contributed by atoms with van der Waals surface area (Å²) in [4.78, 5) is 35.1. The van der Waals surface area contributed by atoms with E-state index in [9.17, 15) is 14.4 Å². The minimum atomic E-state index is -0.477. The Hall–Kier alpha value is -3.35. The molecule has 0 bridgehead atoms. The third-order valence-electron chi connectivity index (χ3n) is 3.77. The van der Waals surface area contributed by atoms with Crippen LogP contribution in [0.15, 0.2) is 48.5 Å². The van der Waals surface area contributed by atoms with Crippen LogP contribution in [0.4, 0.5) is 5.69 Å². The lowest BCUT2D eigenvalue weighted by atomic mass is 10.2. The molecular formula is C20H23N3O4. The van der Waals surface area contributed by atoms with Gasteiger partial charge in [-0.05, 0) is 48.4 Å². The molecular weight excluding hydrogens is 346 g/mol. The zero-order valence-electron chi connectivity index (χ0n) is 15.4. The molecule has 0 saturated heterocycles. The molecule has 3 amide bonds. The molecule has 0 aliphatic heterocycles. The normalized spacial score (nSPS) is 10.0. The minimum Gasteiger partial charge on any atom is -0.484 e. The van der Waals surface area contributed by atoms with Crippen molar-refractivity contribution in [3.63, 3.8) is 0 Å². The van der Waals surface area contributed by atoms with E-state index in [1.807, 2.05) is 12.1 Å². The van der Waals surface area contributed by atoms with E-state index in [4.69, 9.17) is 4.74 Å². The first-order chi connectivity index (χ1) is 13.0. The number of ether oxygens (including phenoxy) is 1. The van der Waals surface area contributed by atoms with Gasteiger partial charge in [0.15, 0.2) is 6.61 Å². The van der Waals surface area contributed by atoms with Crippen molar-refractivity contribution in [3.8, 4) is 5.75 Å². The average Bonchev–Trinajstić information content (AvgIpc) is 2.71. The van der Waals surface area contributed by atoms with E-state index < -0.39 is 11.8 Å². The average molecular weight is 369 g/mol. The van der Waals surface area contributed by atoms with Crippen LogP contribution in [0.1, 0.15) is 36.2 Å². The Labute approximate surface area is 158 Å². The second-order valence-corrected chi connectivity index (χ2v) is 5.77. The Morgan fingerprint density at radius 1 is 0.852 bits per heavy atom. The van der Waals surface area contributed by atoms with Crippen LogP contribution in [0.5, 0.6) is 5.75 Å². The summed E-state index contributed by atoms with van der Waals surface area (Å²) in [6.45, 7) is 3.60. The monoisotopic (exact) mass is 369 g/mol. The van der Waals surface area contributed by atoms with E-state index >= 15 is 0 Å². The third-order valence-corrected chi connectivity index (χ3v) is 3.77. The Kier molecular flexibility index (Phi) is 7.37. The molecule has 2 aromatic rings. The second kappa shape index (κ2) is 9.96. The summed E-state index contributed by atoms with van der Waals surface area (Å²) in [7, 11) is 0. The van der Waals surface area contributed by atoms with Crippen molar-refractivity contribution < 1.29 is 19.1 Å². The Morgan fingerprint density at radius 2 is 1.52 bits per heavy atom. The quantitative estimate of drug-likeness (QED) is 0.653. The fourth-order valence-electron chi connectivity index (χ4n) is 2.16. The van der Waals surface area contributed by atoms with Crippen molar-refractivity contribution >= 4 is 23.4 Å². The molecule has 0 atom stereocenters. The van der Waals surface area contributed by atoms with Crippen LogP contribution >= 0.6 is 0 Å². The Morgan fingerprint density at radius 3 is 2.11 bits per heavy atom. The molecule has 0 fully saturated rings. The molecule has 7 nitrogen and oxygen atoms in total. The van der Waals surface area contributed by atoms with Gasteiger partial charge in [-0.15, -0.1) is 0 Å². The summed E-state index contributed by atoms with van der Waals surface area (Å²) < 4.78 is 5.37. The summed E-state index contributed by atoms with van der Waals surface area (Å²) in [5.41, 5.74) is 6.75. The van der Waals surface area contributed by atoms with Gasteiger partial charge in [-0.3, -0.25) is 25.2 Å². The Bertz CT molecular complexity index is 786. The Balaban J connectivity index is 1.76. The number of benzene rings is 2. The van der Waals surface area contributed by atoms with Crippen molar-refractivity contribution in [2.24, 2.45) is 0 Å². The number of nitrogens with one attached hydrogen (secondary N) is 3. The van der Waals surface area contributed by atoms with Gasteiger partial charge in [-0.2, -0.15) is 0 Å². The van der Waals surface area contributed by atoms with Gasteiger partial charge in [-0.1, -0.05) is 26.0 Å². The van der Waals surface area contributed by atoms with E-state index in [1.54, 1.807) is 43.3 Å². The van der Waals surface area contributed by atoms with Crippen LogP contribution in [-0.4, -0.2) is 24.3 Å². The third kappa shape index (κ3) is 6.47. The largest absolute Gasteiger partial charge is 0.484 e. The van der Waals surface area contributed by atoms with Crippen molar-refractivity contribution in [2.45, 2.75) is 26.7 Å². The minimum absolute atomic E-state index is 0.108. The molecule has 0 unspecified atom stereocenters. The van der Waals surface area contributed by atoms with Gasteiger partial charge < -0.3 is 10.1 Å². The zero-order valence-corrected chi connectivity index (χ0v) is 15.4. The highest BCUT2D eigenvalue weighted by molar-refractivity contribution is 5.96. The molecule has 0 aliphatic carbocycles. The number of aryl methyl sites for hydroxylation is 1. The van der Waals surface area contributed by atoms with Gasteiger partial charge >= 0.3 is 0 Å². The van der Waals surface area contributed by atoms with Crippen molar-refractivity contribution in [2.75, 3.05) is 11.9 Å². The maximum atomic E-state index is 12.0. The number of amides is 3. The fraction of sp³-hybridized carbons (Fsp3) is 0.250. The van der Waals surface area contributed by atoms with Gasteiger partial charge in [0.2, 0.25) is 5.91 Å². The van der Waals surface area contributed by atoms with E-state index in [0.29, 0.717) is 23.4 Å². The first kappa shape index (κ1) is 20.0. The lowest BCUT2D eigenvalue weighted by Gasteiger charge is -2.10. The van der Waals surface area contributed by atoms with Crippen LogP contribution in [0.2, 0.25) is 0 Å². The number of rotatable bonds is 7. The zero-order chi connectivity index (χ0) is 19.6. The number of carbonyl (C=O) groups is 3. The summed E-state index contributed by atoms with van der Waals surface area (Å²) >= 11 is 0. The molecule has 2 aromatic carbocycles. The van der Waals surface area contributed by atoms with Crippen molar-refractivity contribution in [3.05, 3.63) is 59.7 Å². The summed E-state index contributed by atoms with van der Waals surface area (Å²) in [5.74, 6) is -0.471. The number of hydrazine groups is 1. The van der Waals surface area contributed by atoms with Gasteiger partial charge in [0.05, 0.1) is 0 Å². The molecule has 0 heterocycles. The standard InChI is InChI=1S/C20H23N3O4/c1-3-14-5-11-17(12-6-14)27-13-19(25)22-23-20(26)15-7-9-16(10-8-15)21-18(24)4-2/h5-12H,3-4,13H2,1-2H3,(H,21,24)(H,22,25)(H,23,26). The first-order valence-electron chi connectivity index (χ1n) is 8.72. The number of hydrogen-bond acceptors (Lipinski definition) is 4. The molecule has 7 heteroatoms. The fourth-order valence-corrected chi connectivity index (χ4v) is 2.16. The second-order valence-electron chi connectivity index (χ2n) is 5.77. The summed E-state index contributed by atoms with van der Waals surface area (Å²) in [6, 6.07) is 13.8. The number of anilines is 1. The van der Waals surface area contributed by atoms with Crippen LogP contribution < -0.4 is 20.9 Å². The maximum absolute atomic E-state index is 12.0. The van der Waals surface area contributed by atoms with Crippen LogP contribution in [0.3, 0.4) is 0 Å². The highest BCUT2D eigenvalue weighted by atomic mass is 16.5. The van der Waals surface area contributed by atoms with Gasteiger partial charge in [0, 0.05) is 17.7 Å². The lowest BCUT2D eigenvalue weighted by Crippen LogP contribution is -2.43. The SMILES string of the molecule is CCC(=O)Nc1ccc(C(=O)NNC(=O)COc2ccc(CC)cc2)cc1. The smallest absolute Gasteiger partial charge is 0.276 e. The van der Waals surface area contributed by atoms with Crippen molar-refractivity contribution in [1.82, 2.24) is 10.9 Å². The first-order valence-corrected chi connectivity index (χ1v) is 8.72.